The highest BCUT2D eigenvalue weighted by Gasteiger charge is 2.40. The molecule has 2 aliphatic rings. The first-order valence-corrected chi connectivity index (χ1v) is 7.85. The van der Waals surface area contributed by atoms with Crippen LogP contribution in [0.25, 0.3) is 0 Å². The third-order valence-corrected chi connectivity index (χ3v) is 4.39. The minimum absolute atomic E-state index is 0.366. The molecule has 0 radical (unpaired) electrons. The first-order chi connectivity index (χ1) is 10.1. The second kappa shape index (κ2) is 7.61. The van der Waals surface area contributed by atoms with Gasteiger partial charge in [0, 0.05) is 39.3 Å². The number of rotatable bonds is 5. The summed E-state index contributed by atoms with van der Waals surface area (Å²) in [5, 5.41) is 18.2. The van der Waals surface area contributed by atoms with E-state index in [4.69, 9.17) is 0 Å². The van der Waals surface area contributed by atoms with Gasteiger partial charge in [0.25, 0.3) is 0 Å². The maximum Gasteiger partial charge on any atom is 0.329 e. The number of carboxylic acids is 1. The van der Waals surface area contributed by atoms with Crippen molar-refractivity contribution in [2.45, 2.75) is 37.6 Å². The Morgan fingerprint density at radius 2 is 1.81 bits per heavy atom. The molecule has 0 aromatic carbocycles. The van der Waals surface area contributed by atoms with Crippen LogP contribution in [0.15, 0.2) is 0 Å². The molecule has 0 aromatic heterocycles. The molecule has 1 heterocycles. The molecular weight excluding hydrogens is 272 g/mol. The molecule has 7 nitrogen and oxygen atoms in total. The lowest BCUT2D eigenvalue weighted by Gasteiger charge is -2.34. The second-order valence-corrected chi connectivity index (χ2v) is 5.92. The number of amides is 2. The number of piperazine rings is 1. The topological polar surface area (TPSA) is 93.7 Å². The molecule has 1 aliphatic heterocycles. The lowest BCUT2D eigenvalue weighted by molar-refractivity contribution is -0.145. The van der Waals surface area contributed by atoms with Crippen molar-refractivity contribution >= 4 is 12.0 Å². The highest BCUT2D eigenvalue weighted by atomic mass is 16.4. The summed E-state index contributed by atoms with van der Waals surface area (Å²) in [5.41, 5.74) is -1.07. The van der Waals surface area contributed by atoms with Crippen molar-refractivity contribution in [2.24, 2.45) is 0 Å². The van der Waals surface area contributed by atoms with Gasteiger partial charge in [0.15, 0.2) is 0 Å². The van der Waals surface area contributed by atoms with Crippen LogP contribution in [0.3, 0.4) is 0 Å². The SMILES string of the molecule is O=C(NCCN1CCNCC1)NC1(C(=O)O)CCCCC1. The Bertz CT molecular complexity index is 363. The Labute approximate surface area is 125 Å². The monoisotopic (exact) mass is 298 g/mol. The molecule has 2 rings (SSSR count). The van der Waals surface area contributed by atoms with Gasteiger partial charge in [-0.3, -0.25) is 4.90 Å². The molecule has 1 saturated heterocycles. The van der Waals surface area contributed by atoms with Crippen LogP contribution in [0, 0.1) is 0 Å². The average molecular weight is 298 g/mol. The Morgan fingerprint density at radius 1 is 1.14 bits per heavy atom. The van der Waals surface area contributed by atoms with Crippen LogP contribution in [0.1, 0.15) is 32.1 Å². The number of aliphatic carboxylic acids is 1. The average Bonchev–Trinajstić information content (AvgIpc) is 2.49. The lowest BCUT2D eigenvalue weighted by Crippen LogP contribution is -2.58. The van der Waals surface area contributed by atoms with Crippen LogP contribution in [-0.2, 0) is 4.79 Å². The third kappa shape index (κ3) is 4.57. The van der Waals surface area contributed by atoms with Crippen molar-refractivity contribution in [1.29, 1.82) is 0 Å². The summed E-state index contributed by atoms with van der Waals surface area (Å²) in [4.78, 5) is 25.7. The van der Waals surface area contributed by atoms with Crippen molar-refractivity contribution in [2.75, 3.05) is 39.3 Å². The zero-order valence-corrected chi connectivity index (χ0v) is 12.5. The van der Waals surface area contributed by atoms with E-state index in [1.54, 1.807) is 0 Å². The molecule has 1 aliphatic carbocycles. The number of hydrogen-bond acceptors (Lipinski definition) is 4. The molecule has 0 aromatic rings. The van der Waals surface area contributed by atoms with E-state index in [-0.39, 0.29) is 6.03 Å². The number of carboxylic acid groups (broad SMARTS) is 1. The normalized spacial score (nSPS) is 22.5. The fraction of sp³-hybridized carbons (Fsp3) is 0.857. The van der Waals surface area contributed by atoms with E-state index in [1.807, 2.05) is 0 Å². The van der Waals surface area contributed by atoms with Gasteiger partial charge in [-0.1, -0.05) is 19.3 Å². The molecular formula is C14H26N4O3. The smallest absolute Gasteiger partial charge is 0.329 e. The molecule has 2 amide bonds. The number of carbonyl (C=O) groups excluding carboxylic acids is 1. The summed E-state index contributed by atoms with van der Waals surface area (Å²) in [5.74, 6) is -0.917. The van der Waals surface area contributed by atoms with Gasteiger partial charge in [0.05, 0.1) is 0 Å². The summed E-state index contributed by atoms with van der Waals surface area (Å²) >= 11 is 0. The molecule has 4 N–H and O–H groups in total. The van der Waals surface area contributed by atoms with Crippen molar-refractivity contribution in [1.82, 2.24) is 20.9 Å². The third-order valence-electron chi connectivity index (χ3n) is 4.39. The van der Waals surface area contributed by atoms with Gasteiger partial charge in [-0.05, 0) is 12.8 Å². The minimum atomic E-state index is -1.07. The summed E-state index contributed by atoms with van der Waals surface area (Å²) in [6.07, 6.45) is 3.79. The van der Waals surface area contributed by atoms with E-state index >= 15 is 0 Å². The Morgan fingerprint density at radius 3 is 2.43 bits per heavy atom. The van der Waals surface area contributed by atoms with Crippen molar-refractivity contribution in [3.8, 4) is 0 Å². The van der Waals surface area contributed by atoms with Gasteiger partial charge >= 0.3 is 12.0 Å². The molecule has 0 atom stereocenters. The van der Waals surface area contributed by atoms with Crippen LogP contribution in [0.2, 0.25) is 0 Å². The number of carbonyl (C=O) groups is 2. The van der Waals surface area contributed by atoms with Crippen LogP contribution < -0.4 is 16.0 Å². The van der Waals surface area contributed by atoms with E-state index < -0.39 is 11.5 Å². The quantitative estimate of drug-likeness (QED) is 0.572. The molecule has 120 valence electrons. The summed E-state index contributed by atoms with van der Waals surface area (Å²) in [6, 6.07) is -0.366. The second-order valence-electron chi connectivity index (χ2n) is 5.92. The van der Waals surface area contributed by atoms with Crippen LogP contribution in [-0.4, -0.2) is 66.8 Å². The van der Waals surface area contributed by atoms with Crippen LogP contribution in [0.5, 0.6) is 0 Å². The number of hydrogen-bond donors (Lipinski definition) is 4. The predicted octanol–water partition coefficient (Wildman–Crippen LogP) is -0.0217. The minimum Gasteiger partial charge on any atom is -0.480 e. The van der Waals surface area contributed by atoms with Gasteiger partial charge in [-0.15, -0.1) is 0 Å². The summed E-state index contributed by atoms with van der Waals surface area (Å²) in [6.45, 7) is 5.28. The van der Waals surface area contributed by atoms with Gasteiger partial charge in [-0.25, -0.2) is 9.59 Å². The highest BCUT2D eigenvalue weighted by molar-refractivity contribution is 5.86. The van der Waals surface area contributed by atoms with Gasteiger partial charge < -0.3 is 21.1 Å². The molecule has 2 fully saturated rings. The first-order valence-electron chi connectivity index (χ1n) is 7.85. The number of urea groups is 1. The van der Waals surface area contributed by atoms with E-state index in [1.165, 1.54) is 0 Å². The molecule has 1 saturated carbocycles. The van der Waals surface area contributed by atoms with Crippen LogP contribution in [0.4, 0.5) is 4.79 Å². The van der Waals surface area contributed by atoms with Crippen molar-refractivity contribution in [3.05, 3.63) is 0 Å². The zero-order valence-electron chi connectivity index (χ0n) is 12.5. The maximum atomic E-state index is 11.9. The summed E-state index contributed by atoms with van der Waals surface area (Å²) < 4.78 is 0. The highest BCUT2D eigenvalue weighted by Crippen LogP contribution is 2.28. The van der Waals surface area contributed by atoms with Gasteiger partial charge in [-0.2, -0.15) is 0 Å². The largest absolute Gasteiger partial charge is 0.480 e. The molecule has 0 unspecified atom stereocenters. The molecule has 7 heteroatoms. The van der Waals surface area contributed by atoms with E-state index in [9.17, 15) is 14.7 Å². The van der Waals surface area contributed by atoms with Crippen molar-refractivity contribution < 1.29 is 14.7 Å². The van der Waals surface area contributed by atoms with Crippen LogP contribution >= 0.6 is 0 Å². The van der Waals surface area contributed by atoms with E-state index in [2.05, 4.69) is 20.9 Å². The number of nitrogens with one attached hydrogen (secondary N) is 3. The van der Waals surface area contributed by atoms with Gasteiger partial charge in [0.1, 0.15) is 5.54 Å². The molecule has 21 heavy (non-hydrogen) atoms. The predicted molar refractivity (Wildman–Crippen MR) is 79.3 cm³/mol. The lowest BCUT2D eigenvalue weighted by atomic mass is 9.82. The number of nitrogens with zero attached hydrogens (tertiary/aromatic N) is 1. The first kappa shape index (κ1) is 16.0. The summed E-state index contributed by atoms with van der Waals surface area (Å²) in [7, 11) is 0. The van der Waals surface area contributed by atoms with Crippen molar-refractivity contribution in [3.63, 3.8) is 0 Å². The zero-order chi connectivity index (χ0) is 15.1. The Kier molecular flexibility index (Phi) is 5.81. The fourth-order valence-corrected chi connectivity index (χ4v) is 3.07. The molecule has 0 spiro atoms. The van der Waals surface area contributed by atoms with E-state index in [0.717, 1.165) is 52.0 Å². The van der Waals surface area contributed by atoms with E-state index in [0.29, 0.717) is 19.4 Å². The molecule has 0 bridgehead atoms. The Balaban J connectivity index is 1.73. The Hall–Kier alpha value is -1.34. The fourth-order valence-electron chi connectivity index (χ4n) is 3.07. The van der Waals surface area contributed by atoms with Gasteiger partial charge in [0.2, 0.25) is 0 Å². The maximum absolute atomic E-state index is 11.9. The standard InChI is InChI=1S/C14H26N4O3/c19-12(20)14(4-2-1-3-5-14)17-13(21)16-8-11-18-9-6-15-7-10-18/h15H,1-11H2,(H,19,20)(H2,16,17,21).